The number of nitrogens with zero attached hydrogens (tertiary/aromatic N) is 4. The smallest absolute Gasteiger partial charge is 0.161 e. The summed E-state index contributed by atoms with van der Waals surface area (Å²) in [6, 6.07) is 9.91. The van der Waals surface area contributed by atoms with Crippen molar-refractivity contribution >= 4 is 22.9 Å². The molecular formula is C16H16N4S. The molecule has 0 bridgehead atoms. The summed E-state index contributed by atoms with van der Waals surface area (Å²) >= 11 is 2.04. The van der Waals surface area contributed by atoms with Gasteiger partial charge in [0.2, 0.25) is 0 Å². The maximum atomic E-state index is 4.76. The van der Waals surface area contributed by atoms with Crippen LogP contribution in [0.3, 0.4) is 0 Å². The molecule has 1 saturated heterocycles. The molecule has 1 atom stereocenters. The lowest BCUT2D eigenvalue weighted by Crippen LogP contribution is -2.12. The molecule has 0 aromatic carbocycles. The first-order valence-corrected chi connectivity index (χ1v) is 8.38. The van der Waals surface area contributed by atoms with Crippen molar-refractivity contribution in [2.75, 3.05) is 11.5 Å². The topological polar surface area (TPSA) is 43.6 Å². The molecule has 0 amide bonds. The van der Waals surface area contributed by atoms with Crippen molar-refractivity contribution in [3.63, 3.8) is 0 Å². The van der Waals surface area contributed by atoms with Crippen molar-refractivity contribution in [2.45, 2.75) is 13.0 Å². The summed E-state index contributed by atoms with van der Waals surface area (Å²) in [5.74, 6) is 4.13. The van der Waals surface area contributed by atoms with Crippen LogP contribution in [0.15, 0.2) is 42.7 Å². The molecule has 1 unspecified atom stereocenters. The largest absolute Gasteiger partial charge is 0.307 e. The Morgan fingerprint density at radius 2 is 2.10 bits per heavy atom. The zero-order chi connectivity index (χ0) is 14.1. The Morgan fingerprint density at radius 3 is 2.90 bits per heavy atom. The van der Waals surface area contributed by atoms with Gasteiger partial charge in [-0.1, -0.05) is 6.07 Å². The second-order valence-electron chi connectivity index (χ2n) is 5.34. The van der Waals surface area contributed by atoms with E-state index in [0.717, 1.165) is 29.2 Å². The van der Waals surface area contributed by atoms with Crippen LogP contribution in [0, 0.1) is 5.92 Å². The van der Waals surface area contributed by atoms with Gasteiger partial charge < -0.3 is 4.57 Å². The van der Waals surface area contributed by atoms with Gasteiger partial charge >= 0.3 is 0 Å². The van der Waals surface area contributed by atoms with Crippen molar-refractivity contribution < 1.29 is 0 Å². The summed E-state index contributed by atoms with van der Waals surface area (Å²) in [6.07, 6.45) is 4.93. The van der Waals surface area contributed by atoms with Gasteiger partial charge in [-0.25, -0.2) is 9.97 Å². The van der Waals surface area contributed by atoms with Crippen LogP contribution in [0.5, 0.6) is 0 Å². The van der Waals surface area contributed by atoms with E-state index in [9.17, 15) is 0 Å². The SMILES string of the molecule is c1ccc(-c2nc3cccnc3n2CC2CCSC2)nc1. The van der Waals surface area contributed by atoms with E-state index in [-0.39, 0.29) is 0 Å². The Labute approximate surface area is 127 Å². The lowest BCUT2D eigenvalue weighted by Gasteiger charge is -2.12. The van der Waals surface area contributed by atoms with E-state index in [2.05, 4.69) is 14.5 Å². The molecule has 0 radical (unpaired) electrons. The number of aromatic nitrogens is 4. The lowest BCUT2D eigenvalue weighted by atomic mass is 10.1. The molecule has 4 rings (SSSR count). The summed E-state index contributed by atoms with van der Waals surface area (Å²) in [5.41, 5.74) is 2.83. The van der Waals surface area contributed by atoms with E-state index < -0.39 is 0 Å². The van der Waals surface area contributed by atoms with E-state index in [0.29, 0.717) is 5.92 Å². The van der Waals surface area contributed by atoms with Gasteiger partial charge in [0, 0.05) is 18.9 Å². The quantitative estimate of drug-likeness (QED) is 0.744. The molecule has 0 saturated carbocycles. The Morgan fingerprint density at radius 1 is 1.14 bits per heavy atom. The molecule has 106 valence electrons. The predicted octanol–water partition coefficient (Wildman–Crippen LogP) is 3.25. The minimum atomic E-state index is 0.705. The third-order valence-electron chi connectivity index (χ3n) is 3.86. The molecule has 1 fully saturated rings. The number of thioether (sulfide) groups is 1. The van der Waals surface area contributed by atoms with Crippen LogP contribution in [-0.2, 0) is 6.54 Å². The number of rotatable bonds is 3. The van der Waals surface area contributed by atoms with Crippen molar-refractivity contribution in [2.24, 2.45) is 5.92 Å². The predicted molar refractivity (Wildman–Crippen MR) is 86.2 cm³/mol. The monoisotopic (exact) mass is 296 g/mol. The Hall–Kier alpha value is -1.88. The Kier molecular flexibility index (Phi) is 3.35. The molecule has 4 nitrogen and oxygen atoms in total. The van der Waals surface area contributed by atoms with Gasteiger partial charge in [-0.05, 0) is 48.1 Å². The van der Waals surface area contributed by atoms with E-state index in [1.54, 1.807) is 0 Å². The summed E-state index contributed by atoms with van der Waals surface area (Å²) in [6.45, 7) is 0.979. The van der Waals surface area contributed by atoms with Gasteiger partial charge in [0.25, 0.3) is 0 Å². The molecule has 0 aliphatic carbocycles. The molecule has 3 aromatic heterocycles. The highest BCUT2D eigenvalue weighted by Crippen LogP contribution is 2.29. The molecule has 1 aliphatic rings. The maximum absolute atomic E-state index is 4.76. The summed E-state index contributed by atoms with van der Waals surface area (Å²) in [5, 5.41) is 0. The average molecular weight is 296 g/mol. The molecule has 0 N–H and O–H groups in total. The van der Waals surface area contributed by atoms with E-state index in [4.69, 9.17) is 4.98 Å². The average Bonchev–Trinajstić information content (AvgIpc) is 3.17. The van der Waals surface area contributed by atoms with Crippen LogP contribution >= 0.6 is 11.8 Å². The number of imidazole rings is 1. The first kappa shape index (κ1) is 12.8. The van der Waals surface area contributed by atoms with Crippen LogP contribution < -0.4 is 0 Å². The van der Waals surface area contributed by atoms with Gasteiger partial charge in [0.15, 0.2) is 11.5 Å². The number of hydrogen-bond donors (Lipinski definition) is 0. The standard InChI is InChI=1S/C16H16N4S/c1-2-7-17-13(4-1)16-19-14-5-3-8-18-15(14)20(16)10-12-6-9-21-11-12/h1-5,7-8,12H,6,9-11H2. The first-order chi connectivity index (χ1) is 10.4. The van der Waals surface area contributed by atoms with Crippen LogP contribution in [0.4, 0.5) is 0 Å². The van der Waals surface area contributed by atoms with E-state index in [1.807, 2.05) is 54.5 Å². The highest BCUT2D eigenvalue weighted by molar-refractivity contribution is 7.99. The molecule has 5 heteroatoms. The van der Waals surface area contributed by atoms with E-state index >= 15 is 0 Å². The maximum Gasteiger partial charge on any atom is 0.161 e. The minimum absolute atomic E-state index is 0.705. The van der Waals surface area contributed by atoms with Crippen LogP contribution in [0.25, 0.3) is 22.7 Å². The zero-order valence-electron chi connectivity index (χ0n) is 11.6. The fourth-order valence-electron chi connectivity index (χ4n) is 2.81. The fourth-order valence-corrected chi connectivity index (χ4v) is 4.08. The second kappa shape index (κ2) is 5.48. The number of hydrogen-bond acceptors (Lipinski definition) is 4. The number of pyridine rings is 2. The summed E-state index contributed by atoms with van der Waals surface area (Å²) in [7, 11) is 0. The molecule has 4 heterocycles. The van der Waals surface area contributed by atoms with Crippen molar-refractivity contribution in [3.05, 3.63) is 42.7 Å². The van der Waals surface area contributed by atoms with Crippen LogP contribution in [-0.4, -0.2) is 31.0 Å². The lowest BCUT2D eigenvalue weighted by molar-refractivity contribution is 0.502. The summed E-state index contributed by atoms with van der Waals surface area (Å²) < 4.78 is 2.24. The molecule has 0 spiro atoms. The Balaban J connectivity index is 1.84. The highest BCUT2D eigenvalue weighted by atomic mass is 32.2. The molecule has 1 aliphatic heterocycles. The summed E-state index contributed by atoms with van der Waals surface area (Å²) in [4.78, 5) is 13.8. The third kappa shape index (κ3) is 2.42. The van der Waals surface area contributed by atoms with Gasteiger partial charge in [0.1, 0.15) is 11.2 Å². The molecule has 3 aromatic rings. The first-order valence-electron chi connectivity index (χ1n) is 7.22. The third-order valence-corrected chi connectivity index (χ3v) is 5.09. The zero-order valence-corrected chi connectivity index (χ0v) is 12.5. The van der Waals surface area contributed by atoms with Crippen LogP contribution in [0.1, 0.15) is 6.42 Å². The minimum Gasteiger partial charge on any atom is -0.307 e. The normalized spacial score (nSPS) is 18.4. The second-order valence-corrected chi connectivity index (χ2v) is 6.49. The molecular weight excluding hydrogens is 280 g/mol. The van der Waals surface area contributed by atoms with Crippen LogP contribution in [0.2, 0.25) is 0 Å². The van der Waals surface area contributed by atoms with Gasteiger partial charge in [-0.2, -0.15) is 11.8 Å². The van der Waals surface area contributed by atoms with Crippen molar-refractivity contribution in [3.8, 4) is 11.5 Å². The fraction of sp³-hybridized carbons (Fsp3) is 0.312. The van der Waals surface area contributed by atoms with E-state index in [1.165, 1.54) is 17.9 Å². The van der Waals surface area contributed by atoms with Crippen molar-refractivity contribution in [1.29, 1.82) is 0 Å². The van der Waals surface area contributed by atoms with Crippen molar-refractivity contribution in [1.82, 2.24) is 19.5 Å². The Bertz CT molecular complexity index is 747. The highest BCUT2D eigenvalue weighted by Gasteiger charge is 2.21. The molecule has 21 heavy (non-hydrogen) atoms. The van der Waals surface area contributed by atoms with Gasteiger partial charge in [-0.3, -0.25) is 4.98 Å². The number of fused-ring (bicyclic) bond motifs is 1. The van der Waals surface area contributed by atoms with Gasteiger partial charge in [-0.15, -0.1) is 0 Å². The van der Waals surface area contributed by atoms with Gasteiger partial charge in [0.05, 0.1) is 0 Å².